The maximum Gasteiger partial charge on any atom is 0.274 e. The Labute approximate surface area is 137 Å². The van der Waals surface area contributed by atoms with Gasteiger partial charge in [-0.05, 0) is 45.1 Å². The SMILES string of the molecule is CN(C)CCn1ccc(C(=O)N2CCCC2c2cccn2C)n1. The van der Waals surface area contributed by atoms with E-state index in [-0.39, 0.29) is 11.9 Å². The lowest BCUT2D eigenvalue weighted by atomic mass is 10.1. The van der Waals surface area contributed by atoms with Crippen LogP contribution < -0.4 is 0 Å². The Bertz CT molecular complexity index is 672. The number of rotatable bonds is 5. The molecule has 0 aromatic carbocycles. The van der Waals surface area contributed by atoms with Gasteiger partial charge in [0.2, 0.25) is 0 Å². The lowest BCUT2D eigenvalue weighted by Gasteiger charge is -2.24. The van der Waals surface area contributed by atoms with Crippen LogP contribution in [0.15, 0.2) is 30.6 Å². The highest BCUT2D eigenvalue weighted by atomic mass is 16.2. The molecule has 6 heteroatoms. The molecule has 23 heavy (non-hydrogen) atoms. The molecule has 2 aromatic heterocycles. The van der Waals surface area contributed by atoms with E-state index in [0.717, 1.165) is 32.5 Å². The largest absolute Gasteiger partial charge is 0.353 e. The van der Waals surface area contributed by atoms with Crippen LogP contribution in [0, 0.1) is 0 Å². The first-order valence-electron chi connectivity index (χ1n) is 8.16. The molecular weight excluding hydrogens is 290 g/mol. The fraction of sp³-hybridized carbons (Fsp3) is 0.529. The molecule has 1 amide bonds. The van der Waals surface area contributed by atoms with Crippen molar-refractivity contribution in [1.29, 1.82) is 0 Å². The predicted octanol–water partition coefficient (Wildman–Crippen LogP) is 1.76. The van der Waals surface area contributed by atoms with Crippen LogP contribution in [0.2, 0.25) is 0 Å². The van der Waals surface area contributed by atoms with Gasteiger partial charge in [-0.1, -0.05) is 0 Å². The van der Waals surface area contributed by atoms with Gasteiger partial charge in [-0.3, -0.25) is 9.48 Å². The summed E-state index contributed by atoms with van der Waals surface area (Å²) in [6.07, 6.45) is 5.99. The highest BCUT2D eigenvalue weighted by Crippen LogP contribution is 2.32. The molecule has 6 nitrogen and oxygen atoms in total. The molecule has 0 spiro atoms. The summed E-state index contributed by atoms with van der Waals surface area (Å²) < 4.78 is 3.95. The number of likely N-dealkylation sites (tertiary alicyclic amines) is 1. The molecule has 0 aliphatic carbocycles. The van der Waals surface area contributed by atoms with Crippen molar-refractivity contribution < 1.29 is 4.79 Å². The summed E-state index contributed by atoms with van der Waals surface area (Å²) in [4.78, 5) is 16.9. The summed E-state index contributed by atoms with van der Waals surface area (Å²) in [5.41, 5.74) is 1.74. The van der Waals surface area contributed by atoms with E-state index in [2.05, 4.69) is 20.6 Å². The molecule has 1 aliphatic rings. The second-order valence-corrected chi connectivity index (χ2v) is 6.47. The van der Waals surface area contributed by atoms with Crippen LogP contribution >= 0.6 is 0 Å². The number of likely N-dealkylation sites (N-methyl/N-ethyl adjacent to an activating group) is 1. The van der Waals surface area contributed by atoms with E-state index in [1.165, 1.54) is 5.69 Å². The monoisotopic (exact) mass is 315 g/mol. The number of hydrogen-bond acceptors (Lipinski definition) is 3. The zero-order valence-electron chi connectivity index (χ0n) is 14.1. The maximum absolute atomic E-state index is 12.8. The number of carbonyl (C=O) groups is 1. The Morgan fingerprint density at radius 3 is 2.87 bits per heavy atom. The van der Waals surface area contributed by atoms with Crippen molar-refractivity contribution in [2.24, 2.45) is 7.05 Å². The van der Waals surface area contributed by atoms with Crippen molar-refractivity contribution in [2.75, 3.05) is 27.2 Å². The number of amides is 1. The lowest BCUT2D eigenvalue weighted by Crippen LogP contribution is -2.32. The first kappa shape index (κ1) is 15.8. The molecule has 0 saturated carbocycles. The molecule has 1 saturated heterocycles. The van der Waals surface area contributed by atoms with Gasteiger partial charge in [0.1, 0.15) is 5.69 Å². The minimum Gasteiger partial charge on any atom is -0.353 e. The van der Waals surface area contributed by atoms with E-state index in [1.807, 2.05) is 55.3 Å². The summed E-state index contributed by atoms with van der Waals surface area (Å²) in [7, 11) is 6.10. The summed E-state index contributed by atoms with van der Waals surface area (Å²) in [6, 6.07) is 6.13. The minimum absolute atomic E-state index is 0.0392. The third-order valence-corrected chi connectivity index (χ3v) is 4.48. The number of aromatic nitrogens is 3. The number of carbonyl (C=O) groups excluding carboxylic acids is 1. The number of aryl methyl sites for hydroxylation is 1. The fourth-order valence-electron chi connectivity index (χ4n) is 3.19. The summed E-state index contributed by atoms with van der Waals surface area (Å²) in [6.45, 7) is 2.51. The summed E-state index contributed by atoms with van der Waals surface area (Å²) in [5.74, 6) is 0.0392. The molecule has 124 valence electrons. The zero-order chi connectivity index (χ0) is 16.4. The number of nitrogens with zero attached hydrogens (tertiary/aromatic N) is 5. The highest BCUT2D eigenvalue weighted by Gasteiger charge is 2.32. The zero-order valence-corrected chi connectivity index (χ0v) is 14.1. The Kier molecular flexibility index (Phi) is 4.52. The van der Waals surface area contributed by atoms with Crippen LogP contribution in [-0.2, 0) is 13.6 Å². The van der Waals surface area contributed by atoms with Crippen LogP contribution in [0.25, 0.3) is 0 Å². The first-order valence-corrected chi connectivity index (χ1v) is 8.16. The van der Waals surface area contributed by atoms with Gasteiger partial charge in [0.15, 0.2) is 0 Å². The lowest BCUT2D eigenvalue weighted by molar-refractivity contribution is 0.0724. The summed E-state index contributed by atoms with van der Waals surface area (Å²) >= 11 is 0. The molecular formula is C17H25N5O. The standard InChI is InChI=1S/C17H25N5O/c1-19(2)12-13-21-11-8-14(18-21)17(23)22-10-5-7-16(22)15-6-4-9-20(15)3/h4,6,8-9,11,16H,5,7,10,12-13H2,1-3H3. The van der Waals surface area contributed by atoms with Gasteiger partial charge < -0.3 is 14.4 Å². The van der Waals surface area contributed by atoms with Crippen LogP contribution in [0.1, 0.15) is 35.1 Å². The second-order valence-electron chi connectivity index (χ2n) is 6.47. The van der Waals surface area contributed by atoms with Crippen LogP contribution in [0.5, 0.6) is 0 Å². The highest BCUT2D eigenvalue weighted by molar-refractivity contribution is 5.92. The van der Waals surface area contributed by atoms with E-state index >= 15 is 0 Å². The van der Waals surface area contributed by atoms with E-state index in [0.29, 0.717) is 5.69 Å². The quantitative estimate of drug-likeness (QED) is 0.845. The van der Waals surface area contributed by atoms with Crippen molar-refractivity contribution in [3.8, 4) is 0 Å². The van der Waals surface area contributed by atoms with Crippen LogP contribution in [0.3, 0.4) is 0 Å². The van der Waals surface area contributed by atoms with Crippen molar-refractivity contribution in [1.82, 2.24) is 24.1 Å². The van der Waals surface area contributed by atoms with Crippen molar-refractivity contribution >= 4 is 5.91 Å². The molecule has 3 heterocycles. The molecule has 0 N–H and O–H groups in total. The Morgan fingerprint density at radius 1 is 1.35 bits per heavy atom. The second kappa shape index (κ2) is 6.58. The predicted molar refractivity (Wildman–Crippen MR) is 89.2 cm³/mol. The normalized spacial score (nSPS) is 18.1. The molecule has 1 atom stereocenters. The Balaban J connectivity index is 1.73. The molecule has 1 unspecified atom stereocenters. The van der Waals surface area contributed by atoms with Gasteiger partial charge >= 0.3 is 0 Å². The van der Waals surface area contributed by atoms with Crippen LogP contribution in [0.4, 0.5) is 0 Å². The van der Waals surface area contributed by atoms with E-state index in [1.54, 1.807) is 0 Å². The maximum atomic E-state index is 12.8. The van der Waals surface area contributed by atoms with E-state index in [4.69, 9.17) is 0 Å². The average molecular weight is 315 g/mol. The van der Waals surface area contributed by atoms with Gasteiger partial charge in [0, 0.05) is 38.2 Å². The third-order valence-electron chi connectivity index (χ3n) is 4.48. The molecule has 2 aromatic rings. The molecule has 1 aliphatic heterocycles. The Hall–Kier alpha value is -2.08. The van der Waals surface area contributed by atoms with Gasteiger partial charge in [-0.15, -0.1) is 0 Å². The average Bonchev–Trinajstić information content (AvgIpc) is 3.24. The van der Waals surface area contributed by atoms with Crippen molar-refractivity contribution in [2.45, 2.75) is 25.4 Å². The van der Waals surface area contributed by atoms with Crippen molar-refractivity contribution in [3.05, 3.63) is 42.0 Å². The van der Waals surface area contributed by atoms with Gasteiger partial charge in [0.25, 0.3) is 5.91 Å². The third kappa shape index (κ3) is 3.32. The van der Waals surface area contributed by atoms with E-state index in [9.17, 15) is 4.79 Å². The van der Waals surface area contributed by atoms with Gasteiger partial charge in [0.05, 0.1) is 12.6 Å². The minimum atomic E-state index is 0.0392. The van der Waals surface area contributed by atoms with E-state index < -0.39 is 0 Å². The van der Waals surface area contributed by atoms with Crippen LogP contribution in [-0.4, -0.2) is 57.2 Å². The number of hydrogen-bond donors (Lipinski definition) is 0. The molecule has 0 radical (unpaired) electrons. The molecule has 0 bridgehead atoms. The fourth-order valence-corrected chi connectivity index (χ4v) is 3.19. The smallest absolute Gasteiger partial charge is 0.274 e. The summed E-state index contributed by atoms with van der Waals surface area (Å²) in [5, 5.41) is 4.46. The molecule has 1 fully saturated rings. The topological polar surface area (TPSA) is 46.3 Å². The Morgan fingerprint density at radius 2 is 2.17 bits per heavy atom. The van der Waals surface area contributed by atoms with Gasteiger partial charge in [-0.25, -0.2) is 0 Å². The molecule has 3 rings (SSSR count). The van der Waals surface area contributed by atoms with Gasteiger partial charge in [-0.2, -0.15) is 5.10 Å². The van der Waals surface area contributed by atoms with Crippen molar-refractivity contribution in [3.63, 3.8) is 0 Å². The first-order chi connectivity index (χ1) is 11.1.